The average Bonchev–Trinajstić information content (AvgIpc) is 3.36. The summed E-state index contributed by atoms with van der Waals surface area (Å²) in [4.78, 5) is 55.2. The maximum absolute atomic E-state index is 12.6. The molecular weight excluding hydrogens is 470 g/mol. The highest BCUT2D eigenvalue weighted by molar-refractivity contribution is 5.76. The molecule has 1 aliphatic rings. The van der Waals surface area contributed by atoms with Gasteiger partial charge in [-0.25, -0.2) is 9.59 Å². The van der Waals surface area contributed by atoms with Gasteiger partial charge in [0.2, 0.25) is 17.6 Å². The van der Waals surface area contributed by atoms with E-state index in [1.165, 1.54) is 7.05 Å². The van der Waals surface area contributed by atoms with Gasteiger partial charge in [0.15, 0.2) is 5.69 Å². The Balaban J connectivity index is 1.37. The van der Waals surface area contributed by atoms with E-state index in [1.54, 1.807) is 42.2 Å². The normalized spacial score (nSPS) is 14.0. The number of hydrogen-bond donors (Lipinski definition) is 1. The van der Waals surface area contributed by atoms with Gasteiger partial charge in [-0.15, -0.1) is 0 Å². The molecule has 2 aromatic heterocycles. The van der Waals surface area contributed by atoms with Crippen molar-refractivity contribution >= 4 is 12.0 Å². The van der Waals surface area contributed by atoms with E-state index in [1.807, 2.05) is 0 Å². The van der Waals surface area contributed by atoms with Crippen LogP contribution in [0.3, 0.4) is 0 Å². The summed E-state index contributed by atoms with van der Waals surface area (Å²) in [5, 5.41) is 10.9. The fraction of sp³-hybridized carbons (Fsp3) is 0.435. The zero-order chi connectivity index (χ0) is 25.7. The second-order valence-electron chi connectivity index (χ2n) is 8.28. The molecule has 1 fully saturated rings. The van der Waals surface area contributed by atoms with Crippen LogP contribution in [0.4, 0.5) is 4.79 Å². The number of carbonyl (C=O) groups is 2. The van der Waals surface area contributed by atoms with Crippen LogP contribution in [0.5, 0.6) is 0 Å². The molecule has 1 aromatic carbocycles. The number of hydrogen-bond acceptors (Lipinski definition) is 9. The number of carbonyl (C=O) groups excluding carboxylic acids is 2. The van der Waals surface area contributed by atoms with Crippen LogP contribution in [0.2, 0.25) is 0 Å². The molecule has 36 heavy (non-hydrogen) atoms. The summed E-state index contributed by atoms with van der Waals surface area (Å²) in [6.07, 6.45) is 1.22. The van der Waals surface area contributed by atoms with E-state index < -0.39 is 11.2 Å². The average molecular weight is 498 g/mol. The third-order valence-electron chi connectivity index (χ3n) is 5.81. The van der Waals surface area contributed by atoms with Gasteiger partial charge in [-0.1, -0.05) is 23.4 Å². The molecule has 1 aliphatic heterocycles. The largest absolute Gasteiger partial charge is 0.450 e. The van der Waals surface area contributed by atoms with Crippen molar-refractivity contribution in [2.45, 2.75) is 38.6 Å². The monoisotopic (exact) mass is 497 g/mol. The first-order chi connectivity index (χ1) is 17.4. The Morgan fingerprint density at radius 2 is 1.89 bits per heavy atom. The van der Waals surface area contributed by atoms with Crippen LogP contribution in [0.1, 0.15) is 32.1 Å². The van der Waals surface area contributed by atoms with E-state index in [-0.39, 0.29) is 48.3 Å². The summed E-state index contributed by atoms with van der Waals surface area (Å²) in [6, 6.07) is 8.62. The van der Waals surface area contributed by atoms with E-state index in [9.17, 15) is 19.2 Å². The highest BCUT2D eigenvalue weighted by Crippen LogP contribution is 2.13. The number of likely N-dealkylation sites (tertiary alicyclic amines) is 1. The molecule has 13 nitrogen and oxygen atoms in total. The Morgan fingerprint density at radius 1 is 1.17 bits per heavy atom. The molecule has 0 bridgehead atoms. The van der Waals surface area contributed by atoms with E-state index in [0.29, 0.717) is 38.2 Å². The minimum absolute atomic E-state index is 0.0346. The standard InChI is InChI=1S/C23H27N7O6/c1-3-35-23(34)29-13-11-15(12-14-29)24-17(31)9-10-18-25-20(27-36-18)19-21(32)28(2)22(33)30(26-19)16-7-5-4-6-8-16/h4-8,15H,3,9-14H2,1-2H3,(H,24,31). The first-order valence-electron chi connectivity index (χ1n) is 11.7. The number of nitrogens with one attached hydrogen (secondary N) is 1. The van der Waals surface area contributed by atoms with Gasteiger partial charge in [-0.2, -0.15) is 14.8 Å². The Kier molecular flexibility index (Phi) is 7.56. The molecule has 0 aliphatic carbocycles. The van der Waals surface area contributed by atoms with Crippen LogP contribution in [0.25, 0.3) is 17.2 Å². The predicted molar refractivity (Wildman–Crippen MR) is 126 cm³/mol. The number of rotatable bonds is 7. The maximum Gasteiger partial charge on any atom is 0.409 e. The lowest BCUT2D eigenvalue weighted by Crippen LogP contribution is -2.46. The maximum atomic E-state index is 12.6. The zero-order valence-corrected chi connectivity index (χ0v) is 20.0. The van der Waals surface area contributed by atoms with E-state index in [2.05, 4.69) is 20.6 Å². The molecule has 3 heterocycles. The quantitative estimate of drug-likeness (QED) is 0.495. The van der Waals surface area contributed by atoms with Gasteiger partial charge in [-0.3, -0.25) is 14.2 Å². The summed E-state index contributed by atoms with van der Waals surface area (Å²) < 4.78 is 12.2. The van der Waals surface area contributed by atoms with Crippen LogP contribution in [0, 0.1) is 0 Å². The highest BCUT2D eigenvalue weighted by Gasteiger charge is 2.25. The van der Waals surface area contributed by atoms with Crippen molar-refractivity contribution in [1.29, 1.82) is 0 Å². The highest BCUT2D eigenvalue weighted by atomic mass is 16.6. The molecule has 0 spiro atoms. The second kappa shape index (κ2) is 11.0. The topological polar surface area (TPSA) is 154 Å². The molecule has 1 N–H and O–H groups in total. The summed E-state index contributed by atoms with van der Waals surface area (Å²) in [5.74, 6) is -0.0865. The first-order valence-corrected chi connectivity index (χ1v) is 11.7. The van der Waals surface area contributed by atoms with Gasteiger partial charge in [0.05, 0.1) is 12.3 Å². The van der Waals surface area contributed by atoms with Gasteiger partial charge < -0.3 is 19.5 Å². The summed E-state index contributed by atoms with van der Waals surface area (Å²) in [7, 11) is 1.35. The molecule has 0 radical (unpaired) electrons. The number of ether oxygens (including phenoxy) is 1. The van der Waals surface area contributed by atoms with Gasteiger partial charge in [0.1, 0.15) is 0 Å². The van der Waals surface area contributed by atoms with Gasteiger partial charge in [0, 0.05) is 39.0 Å². The second-order valence-corrected chi connectivity index (χ2v) is 8.28. The SMILES string of the molecule is CCOC(=O)N1CCC(NC(=O)CCc2nc(-c3nn(-c4ccccc4)c(=O)n(C)c3=O)no2)CC1. The number of benzene rings is 1. The summed E-state index contributed by atoms with van der Waals surface area (Å²) in [5.41, 5.74) is -0.934. The van der Waals surface area contributed by atoms with Crippen molar-refractivity contribution in [2.75, 3.05) is 19.7 Å². The molecule has 13 heteroatoms. The van der Waals surface area contributed by atoms with Crippen molar-refractivity contribution in [3.63, 3.8) is 0 Å². The fourth-order valence-corrected chi connectivity index (χ4v) is 3.85. The number of aryl methyl sites for hydroxylation is 1. The van der Waals surface area contributed by atoms with Crippen LogP contribution in [-0.2, 0) is 23.0 Å². The molecule has 4 rings (SSSR count). The lowest BCUT2D eigenvalue weighted by molar-refractivity contribution is -0.122. The molecule has 0 unspecified atom stereocenters. The van der Waals surface area contributed by atoms with E-state index >= 15 is 0 Å². The van der Waals surface area contributed by atoms with Gasteiger partial charge >= 0.3 is 11.8 Å². The number of aromatic nitrogens is 5. The third-order valence-corrected chi connectivity index (χ3v) is 5.81. The number of amides is 2. The predicted octanol–water partition coefficient (Wildman–Crippen LogP) is 0.651. The fourth-order valence-electron chi connectivity index (χ4n) is 3.85. The molecular formula is C23H27N7O6. The lowest BCUT2D eigenvalue weighted by atomic mass is 10.1. The third kappa shape index (κ3) is 5.50. The van der Waals surface area contributed by atoms with E-state index in [0.717, 1.165) is 9.25 Å². The summed E-state index contributed by atoms with van der Waals surface area (Å²) in [6.45, 7) is 3.12. The zero-order valence-electron chi connectivity index (χ0n) is 20.0. The molecule has 0 saturated carbocycles. The first kappa shape index (κ1) is 24.8. The van der Waals surface area contributed by atoms with Crippen molar-refractivity contribution < 1.29 is 18.8 Å². The van der Waals surface area contributed by atoms with Crippen LogP contribution in [-0.4, -0.2) is 67.1 Å². The number of nitrogens with zero attached hydrogens (tertiary/aromatic N) is 6. The molecule has 2 amide bonds. The molecule has 0 atom stereocenters. The number of piperidine rings is 1. The van der Waals surface area contributed by atoms with Crippen LogP contribution in [0.15, 0.2) is 44.4 Å². The Morgan fingerprint density at radius 3 is 2.58 bits per heavy atom. The Hall–Kier alpha value is -4.29. The molecule has 190 valence electrons. The van der Waals surface area contributed by atoms with E-state index in [4.69, 9.17) is 9.26 Å². The van der Waals surface area contributed by atoms with Gasteiger partial charge in [-0.05, 0) is 31.9 Å². The molecule has 1 saturated heterocycles. The van der Waals surface area contributed by atoms with Crippen LogP contribution < -0.4 is 16.6 Å². The van der Waals surface area contributed by atoms with Crippen LogP contribution >= 0.6 is 0 Å². The van der Waals surface area contributed by atoms with Crippen molar-refractivity contribution in [2.24, 2.45) is 7.05 Å². The summed E-state index contributed by atoms with van der Waals surface area (Å²) >= 11 is 0. The van der Waals surface area contributed by atoms with Crippen molar-refractivity contribution in [1.82, 2.24) is 34.7 Å². The van der Waals surface area contributed by atoms with Gasteiger partial charge in [0.25, 0.3) is 5.56 Å². The minimum atomic E-state index is -0.661. The Labute approximate surface area is 205 Å². The number of para-hydroxylation sites is 1. The van der Waals surface area contributed by atoms with Crippen molar-refractivity contribution in [3.8, 4) is 17.2 Å². The van der Waals surface area contributed by atoms with Crippen molar-refractivity contribution in [3.05, 3.63) is 57.1 Å². The smallest absolute Gasteiger partial charge is 0.409 e. The lowest BCUT2D eigenvalue weighted by Gasteiger charge is -2.31. The minimum Gasteiger partial charge on any atom is -0.450 e. The molecule has 3 aromatic rings. The Bertz CT molecular complexity index is 1340.